The number of aliphatic carboxylic acids is 1. The molecule has 1 aromatic heterocycles. The average molecular weight is 419 g/mol. The summed E-state index contributed by atoms with van der Waals surface area (Å²) in [6, 6.07) is 0. The van der Waals surface area contributed by atoms with Gasteiger partial charge >= 0.3 is 12.1 Å². The fourth-order valence-electron chi connectivity index (χ4n) is 3.68. The van der Waals surface area contributed by atoms with Crippen molar-refractivity contribution >= 4 is 11.9 Å². The van der Waals surface area contributed by atoms with E-state index in [1.165, 1.54) is 18.4 Å². The van der Waals surface area contributed by atoms with Gasteiger partial charge < -0.3 is 19.5 Å². The Balaban J connectivity index is 0.000000370. The minimum atomic E-state index is -5.08. The zero-order chi connectivity index (χ0) is 21.5. The highest BCUT2D eigenvalue weighted by atomic mass is 19.4. The molecule has 164 valence electrons. The number of rotatable bonds is 5. The van der Waals surface area contributed by atoms with Gasteiger partial charge in [-0.2, -0.15) is 13.2 Å². The summed E-state index contributed by atoms with van der Waals surface area (Å²) in [5, 5.41) is 7.12. The second-order valence-corrected chi connectivity index (χ2v) is 7.13. The smallest absolute Gasteiger partial charge is 0.475 e. The third-order valence-electron chi connectivity index (χ3n) is 5.25. The first kappa shape index (κ1) is 23.3. The summed E-state index contributed by atoms with van der Waals surface area (Å²) in [6.45, 7) is 8.27. The van der Waals surface area contributed by atoms with Crippen molar-refractivity contribution in [2.75, 3.05) is 37.8 Å². The summed E-state index contributed by atoms with van der Waals surface area (Å²) in [4.78, 5) is 20.3. The Morgan fingerprint density at radius 3 is 2.59 bits per heavy atom. The number of carboxylic acids is 1. The van der Waals surface area contributed by atoms with Crippen LogP contribution in [0.2, 0.25) is 0 Å². The average Bonchev–Trinajstić information content (AvgIpc) is 3.07. The molecule has 1 aromatic rings. The molecular weight excluding hydrogens is 391 g/mol. The summed E-state index contributed by atoms with van der Waals surface area (Å²) in [6.07, 6.45) is 3.32. The van der Waals surface area contributed by atoms with Gasteiger partial charge in [0.05, 0.1) is 25.4 Å². The van der Waals surface area contributed by atoms with Crippen LogP contribution in [0.25, 0.3) is 0 Å². The van der Waals surface area contributed by atoms with Crippen LogP contribution in [0.15, 0.2) is 12.4 Å². The summed E-state index contributed by atoms with van der Waals surface area (Å²) in [5.74, 6) is -1.43. The van der Waals surface area contributed by atoms with E-state index in [1.54, 1.807) is 0 Å². The Labute approximate surface area is 168 Å². The van der Waals surface area contributed by atoms with Gasteiger partial charge in [0.2, 0.25) is 5.95 Å². The maximum Gasteiger partial charge on any atom is 0.490 e. The third-order valence-corrected chi connectivity index (χ3v) is 5.25. The summed E-state index contributed by atoms with van der Waals surface area (Å²) in [7, 11) is 0. The van der Waals surface area contributed by atoms with Gasteiger partial charge in [0, 0.05) is 31.5 Å². The van der Waals surface area contributed by atoms with Crippen LogP contribution in [-0.4, -0.2) is 65.7 Å². The van der Waals surface area contributed by atoms with Crippen molar-refractivity contribution in [3.05, 3.63) is 18.0 Å². The monoisotopic (exact) mass is 419 g/mol. The van der Waals surface area contributed by atoms with Crippen molar-refractivity contribution < 1.29 is 32.5 Å². The first-order chi connectivity index (χ1) is 13.7. The van der Waals surface area contributed by atoms with Crippen molar-refractivity contribution in [2.45, 2.75) is 51.3 Å². The highest BCUT2D eigenvalue weighted by Crippen LogP contribution is 2.41. The fraction of sp³-hybridized carbons (Fsp3) is 0.737. The summed E-state index contributed by atoms with van der Waals surface area (Å²) in [5.41, 5.74) is 1.11. The first-order valence-electron chi connectivity index (χ1n) is 9.79. The largest absolute Gasteiger partial charge is 0.490 e. The molecule has 0 unspecified atom stereocenters. The molecule has 2 heterocycles. The lowest BCUT2D eigenvalue weighted by Crippen LogP contribution is -2.55. The molecule has 2 fully saturated rings. The molecule has 1 saturated heterocycles. The van der Waals surface area contributed by atoms with Crippen LogP contribution in [0.5, 0.6) is 0 Å². The van der Waals surface area contributed by atoms with Crippen molar-refractivity contribution in [2.24, 2.45) is 5.92 Å². The van der Waals surface area contributed by atoms with Crippen molar-refractivity contribution in [1.82, 2.24) is 9.97 Å². The normalized spacial score (nSPS) is 24.3. The van der Waals surface area contributed by atoms with Crippen molar-refractivity contribution in [3.63, 3.8) is 0 Å². The number of hydrogen-bond acceptors (Lipinski definition) is 6. The molecular formula is C19H28F3N3O4. The number of aryl methyl sites for hydroxylation is 1. The molecule has 1 aliphatic carbocycles. The van der Waals surface area contributed by atoms with E-state index in [4.69, 9.17) is 19.4 Å². The predicted octanol–water partition coefficient (Wildman–Crippen LogP) is 3.08. The van der Waals surface area contributed by atoms with Crippen LogP contribution < -0.4 is 4.90 Å². The Hall–Kier alpha value is -1.94. The van der Waals surface area contributed by atoms with E-state index in [0.29, 0.717) is 5.92 Å². The molecule has 1 saturated carbocycles. The van der Waals surface area contributed by atoms with Crippen molar-refractivity contribution in [1.29, 1.82) is 0 Å². The molecule has 1 aliphatic heterocycles. The second-order valence-electron chi connectivity index (χ2n) is 7.13. The van der Waals surface area contributed by atoms with Gasteiger partial charge in [-0.1, -0.05) is 13.3 Å². The Bertz CT molecular complexity index is 657. The molecule has 1 spiro atoms. The molecule has 2 aliphatic rings. The minimum absolute atomic E-state index is 0.0692. The number of alkyl halides is 3. The molecule has 0 bridgehead atoms. The number of carbonyl (C=O) groups is 1. The maximum absolute atomic E-state index is 10.6. The number of anilines is 1. The van der Waals surface area contributed by atoms with Gasteiger partial charge in [0.1, 0.15) is 0 Å². The van der Waals surface area contributed by atoms with Crippen LogP contribution in [0.4, 0.5) is 19.1 Å². The molecule has 7 nitrogen and oxygen atoms in total. The van der Waals surface area contributed by atoms with Crippen LogP contribution in [0, 0.1) is 5.92 Å². The standard InChI is InChI=1S/C17H27N3O2.C2HF3O2/c1-3-14-10-18-16(19-11-14)20-8-9-22-17(13-20)7-5-6-15(17)12-21-4-2;3-2(4,5)1(6)7/h10-11,15H,3-9,12-13H2,1-2H3;(H,6,7)/t15-,17+;/m1./s1. The van der Waals surface area contributed by atoms with Gasteiger partial charge in [-0.3, -0.25) is 0 Å². The second kappa shape index (κ2) is 10.2. The molecule has 10 heteroatoms. The number of hydrogen-bond donors (Lipinski definition) is 1. The molecule has 3 rings (SSSR count). The molecule has 0 radical (unpaired) electrons. The molecule has 0 amide bonds. The Morgan fingerprint density at radius 2 is 2.03 bits per heavy atom. The van der Waals surface area contributed by atoms with Gasteiger partial charge in [-0.05, 0) is 31.7 Å². The number of ether oxygens (including phenoxy) is 2. The Kier molecular flexibility index (Phi) is 8.21. The van der Waals surface area contributed by atoms with Crippen molar-refractivity contribution in [3.8, 4) is 0 Å². The molecule has 0 aromatic carbocycles. The van der Waals surface area contributed by atoms with Gasteiger partial charge in [-0.15, -0.1) is 0 Å². The number of morpholine rings is 1. The zero-order valence-corrected chi connectivity index (χ0v) is 16.7. The van der Waals surface area contributed by atoms with E-state index in [-0.39, 0.29) is 5.60 Å². The first-order valence-corrected chi connectivity index (χ1v) is 9.79. The van der Waals surface area contributed by atoms with E-state index in [1.807, 2.05) is 12.4 Å². The van der Waals surface area contributed by atoms with E-state index < -0.39 is 12.1 Å². The third kappa shape index (κ3) is 6.27. The van der Waals surface area contributed by atoms with E-state index >= 15 is 0 Å². The van der Waals surface area contributed by atoms with Crippen LogP contribution in [0.1, 0.15) is 38.7 Å². The molecule has 2 atom stereocenters. The predicted molar refractivity (Wildman–Crippen MR) is 99.8 cm³/mol. The van der Waals surface area contributed by atoms with E-state index in [2.05, 4.69) is 28.7 Å². The van der Waals surface area contributed by atoms with E-state index in [0.717, 1.165) is 51.7 Å². The quantitative estimate of drug-likeness (QED) is 0.785. The van der Waals surface area contributed by atoms with Crippen LogP contribution in [-0.2, 0) is 20.7 Å². The van der Waals surface area contributed by atoms with Gasteiger partial charge in [0.15, 0.2) is 0 Å². The zero-order valence-electron chi connectivity index (χ0n) is 16.7. The van der Waals surface area contributed by atoms with Gasteiger partial charge in [-0.25, -0.2) is 14.8 Å². The maximum atomic E-state index is 10.6. The highest BCUT2D eigenvalue weighted by molar-refractivity contribution is 5.73. The topological polar surface area (TPSA) is 84.8 Å². The van der Waals surface area contributed by atoms with Crippen LogP contribution >= 0.6 is 0 Å². The minimum Gasteiger partial charge on any atom is -0.475 e. The SMILES string of the molecule is CCOC[C@H]1CCC[C@]12CN(c1ncc(CC)cn1)CCO2.O=C(O)C(F)(F)F. The number of nitrogens with zero attached hydrogens (tertiary/aromatic N) is 3. The number of carboxylic acid groups (broad SMARTS) is 1. The fourth-order valence-corrected chi connectivity index (χ4v) is 3.68. The lowest BCUT2D eigenvalue weighted by atomic mass is 9.89. The lowest BCUT2D eigenvalue weighted by molar-refractivity contribution is -0.192. The highest BCUT2D eigenvalue weighted by Gasteiger charge is 2.47. The van der Waals surface area contributed by atoms with Gasteiger partial charge in [0.25, 0.3) is 0 Å². The van der Waals surface area contributed by atoms with E-state index in [9.17, 15) is 13.2 Å². The number of halogens is 3. The molecule has 1 N–H and O–H groups in total. The summed E-state index contributed by atoms with van der Waals surface area (Å²) < 4.78 is 43.7. The number of aromatic nitrogens is 2. The lowest BCUT2D eigenvalue weighted by Gasteiger charge is -2.44. The Morgan fingerprint density at radius 1 is 1.38 bits per heavy atom. The van der Waals surface area contributed by atoms with Crippen LogP contribution in [0.3, 0.4) is 0 Å². The molecule has 29 heavy (non-hydrogen) atoms. The summed E-state index contributed by atoms with van der Waals surface area (Å²) >= 11 is 0.